The van der Waals surface area contributed by atoms with Crippen molar-refractivity contribution in [1.82, 2.24) is 0 Å². The number of fused-ring (bicyclic) bond motifs is 1. The number of carbonyl (C=O) groups excluding carboxylic acids is 1. The molecule has 0 atom stereocenters. The molecule has 5 rings (SSSR count). The average molecular weight is 478 g/mol. The summed E-state index contributed by atoms with van der Waals surface area (Å²) >= 11 is 0. The van der Waals surface area contributed by atoms with E-state index in [1.165, 1.54) is 6.26 Å². The van der Waals surface area contributed by atoms with Gasteiger partial charge in [-0.15, -0.1) is 0 Å². The number of aryl methyl sites for hydroxylation is 1. The molecule has 0 spiro atoms. The molecule has 0 saturated heterocycles. The van der Waals surface area contributed by atoms with Crippen molar-refractivity contribution in [3.63, 3.8) is 0 Å². The SMILES string of the molecule is Cc1ccccc1NC(=O)COc1ccc2c(=O)c(Oc3ccc(-c4ccccc4)cc3)coc2c1. The number of anilines is 1. The lowest BCUT2D eigenvalue weighted by molar-refractivity contribution is -0.118. The smallest absolute Gasteiger partial charge is 0.262 e. The Hall–Kier alpha value is -4.84. The standard InChI is InChI=1S/C30H23NO5/c1-20-7-5-6-10-26(20)31-29(32)19-34-24-15-16-25-27(17-24)35-18-28(30(25)33)36-23-13-11-22(12-14-23)21-8-3-2-4-9-21/h2-18H,19H2,1H3,(H,31,32). The van der Waals surface area contributed by atoms with E-state index < -0.39 is 0 Å². The monoisotopic (exact) mass is 477 g/mol. The van der Waals surface area contributed by atoms with Crippen LogP contribution in [0, 0.1) is 6.92 Å². The fourth-order valence-corrected chi connectivity index (χ4v) is 3.77. The van der Waals surface area contributed by atoms with Crippen molar-refractivity contribution in [2.24, 2.45) is 0 Å². The van der Waals surface area contributed by atoms with E-state index in [1.807, 2.05) is 85.8 Å². The van der Waals surface area contributed by atoms with Crippen LogP contribution in [0.25, 0.3) is 22.1 Å². The molecule has 1 amide bonds. The number of carbonyl (C=O) groups is 1. The number of rotatable bonds is 7. The predicted molar refractivity (Wildman–Crippen MR) is 140 cm³/mol. The minimum absolute atomic E-state index is 0.0845. The lowest BCUT2D eigenvalue weighted by Gasteiger charge is -2.10. The Kier molecular flexibility index (Phi) is 6.49. The maximum Gasteiger partial charge on any atom is 0.262 e. The normalized spacial score (nSPS) is 10.7. The van der Waals surface area contributed by atoms with E-state index in [2.05, 4.69) is 5.32 Å². The highest BCUT2D eigenvalue weighted by Crippen LogP contribution is 2.26. The molecule has 178 valence electrons. The lowest BCUT2D eigenvalue weighted by atomic mass is 10.1. The highest BCUT2D eigenvalue weighted by Gasteiger charge is 2.12. The summed E-state index contributed by atoms with van der Waals surface area (Å²) in [5.41, 5.74) is 3.88. The molecule has 1 heterocycles. The fraction of sp³-hybridized carbons (Fsp3) is 0.0667. The number of para-hydroxylation sites is 1. The zero-order valence-electron chi connectivity index (χ0n) is 19.6. The predicted octanol–water partition coefficient (Wildman–Crippen LogP) is 6.58. The Morgan fingerprint density at radius 3 is 2.31 bits per heavy atom. The molecule has 0 bridgehead atoms. The van der Waals surface area contributed by atoms with E-state index in [9.17, 15) is 9.59 Å². The molecular formula is C30H23NO5. The molecule has 0 saturated carbocycles. The third-order valence-corrected chi connectivity index (χ3v) is 5.69. The largest absolute Gasteiger partial charge is 0.484 e. The van der Waals surface area contributed by atoms with Gasteiger partial charge in [-0.1, -0.05) is 60.7 Å². The number of amides is 1. The molecule has 5 aromatic rings. The summed E-state index contributed by atoms with van der Waals surface area (Å²) in [7, 11) is 0. The van der Waals surface area contributed by atoms with Crippen molar-refractivity contribution in [1.29, 1.82) is 0 Å². The summed E-state index contributed by atoms with van der Waals surface area (Å²) in [5.74, 6) is 0.742. The molecule has 36 heavy (non-hydrogen) atoms. The van der Waals surface area contributed by atoms with Crippen LogP contribution in [0.4, 0.5) is 5.69 Å². The molecule has 6 nitrogen and oxygen atoms in total. The van der Waals surface area contributed by atoms with Crippen LogP contribution in [0.5, 0.6) is 17.2 Å². The number of ether oxygens (including phenoxy) is 2. The fourth-order valence-electron chi connectivity index (χ4n) is 3.77. The van der Waals surface area contributed by atoms with Gasteiger partial charge in [0.1, 0.15) is 23.3 Å². The van der Waals surface area contributed by atoms with Gasteiger partial charge in [0.15, 0.2) is 6.61 Å². The highest BCUT2D eigenvalue weighted by atomic mass is 16.5. The van der Waals surface area contributed by atoms with Crippen LogP contribution in [-0.2, 0) is 4.79 Å². The molecular weight excluding hydrogens is 454 g/mol. The second kappa shape index (κ2) is 10.2. The number of hydrogen-bond acceptors (Lipinski definition) is 5. The van der Waals surface area contributed by atoms with Gasteiger partial charge < -0.3 is 19.2 Å². The molecule has 1 aromatic heterocycles. The summed E-state index contributed by atoms with van der Waals surface area (Å²) in [6.45, 7) is 1.74. The van der Waals surface area contributed by atoms with Crippen molar-refractivity contribution in [2.75, 3.05) is 11.9 Å². The van der Waals surface area contributed by atoms with Crippen molar-refractivity contribution < 1.29 is 18.7 Å². The Morgan fingerprint density at radius 2 is 1.53 bits per heavy atom. The number of hydrogen-bond donors (Lipinski definition) is 1. The zero-order chi connectivity index (χ0) is 24.9. The summed E-state index contributed by atoms with van der Waals surface area (Å²) in [6, 6.07) is 29.8. The summed E-state index contributed by atoms with van der Waals surface area (Å²) in [4.78, 5) is 25.2. The van der Waals surface area contributed by atoms with Gasteiger partial charge in [-0.3, -0.25) is 9.59 Å². The zero-order valence-corrected chi connectivity index (χ0v) is 19.6. The molecule has 0 unspecified atom stereocenters. The molecule has 0 aliphatic heterocycles. The van der Waals surface area contributed by atoms with E-state index in [0.29, 0.717) is 22.5 Å². The molecule has 4 aromatic carbocycles. The van der Waals surface area contributed by atoms with Crippen LogP contribution in [-0.4, -0.2) is 12.5 Å². The van der Waals surface area contributed by atoms with E-state index in [-0.39, 0.29) is 23.7 Å². The second-order valence-corrected chi connectivity index (χ2v) is 8.23. The first kappa shape index (κ1) is 22.9. The van der Waals surface area contributed by atoms with Gasteiger partial charge in [-0.05, 0) is 53.9 Å². The van der Waals surface area contributed by atoms with Gasteiger partial charge in [0.25, 0.3) is 5.91 Å². The van der Waals surface area contributed by atoms with E-state index in [1.54, 1.807) is 18.2 Å². The lowest BCUT2D eigenvalue weighted by Crippen LogP contribution is -2.20. The first-order valence-electron chi connectivity index (χ1n) is 11.4. The Labute approximate surface area is 207 Å². The van der Waals surface area contributed by atoms with Crippen LogP contribution >= 0.6 is 0 Å². The van der Waals surface area contributed by atoms with E-state index >= 15 is 0 Å². The Balaban J connectivity index is 1.26. The van der Waals surface area contributed by atoms with Crippen molar-refractivity contribution >= 4 is 22.6 Å². The van der Waals surface area contributed by atoms with Crippen LogP contribution < -0.4 is 20.2 Å². The van der Waals surface area contributed by atoms with Gasteiger partial charge >= 0.3 is 0 Å². The van der Waals surface area contributed by atoms with Gasteiger partial charge in [0.2, 0.25) is 11.2 Å². The third kappa shape index (κ3) is 5.13. The van der Waals surface area contributed by atoms with Crippen molar-refractivity contribution in [3.8, 4) is 28.4 Å². The maximum absolute atomic E-state index is 12.9. The molecule has 0 aliphatic carbocycles. The molecule has 0 fully saturated rings. The minimum atomic E-state index is -0.299. The Morgan fingerprint density at radius 1 is 0.833 bits per heavy atom. The second-order valence-electron chi connectivity index (χ2n) is 8.23. The molecule has 0 aliphatic rings. The Bertz CT molecular complexity index is 1570. The quantitative estimate of drug-likeness (QED) is 0.287. The number of nitrogens with one attached hydrogen (secondary N) is 1. The third-order valence-electron chi connectivity index (χ3n) is 5.69. The molecule has 0 radical (unpaired) electrons. The summed E-state index contributed by atoms with van der Waals surface area (Å²) in [6.07, 6.45) is 1.28. The first-order valence-corrected chi connectivity index (χ1v) is 11.4. The van der Waals surface area contributed by atoms with Crippen molar-refractivity contribution in [3.05, 3.63) is 119 Å². The maximum atomic E-state index is 12.9. The van der Waals surface area contributed by atoms with E-state index in [4.69, 9.17) is 13.9 Å². The number of benzene rings is 4. The molecule has 6 heteroatoms. The van der Waals surface area contributed by atoms with E-state index in [0.717, 1.165) is 22.4 Å². The minimum Gasteiger partial charge on any atom is -0.484 e. The van der Waals surface area contributed by atoms with Gasteiger partial charge in [0.05, 0.1) is 5.39 Å². The van der Waals surface area contributed by atoms with Crippen LogP contribution in [0.2, 0.25) is 0 Å². The van der Waals surface area contributed by atoms with Crippen LogP contribution in [0.3, 0.4) is 0 Å². The van der Waals surface area contributed by atoms with Gasteiger partial charge in [0, 0.05) is 11.8 Å². The van der Waals surface area contributed by atoms with Crippen LogP contribution in [0.15, 0.2) is 113 Å². The van der Waals surface area contributed by atoms with Gasteiger partial charge in [-0.25, -0.2) is 0 Å². The van der Waals surface area contributed by atoms with Gasteiger partial charge in [-0.2, -0.15) is 0 Å². The summed E-state index contributed by atoms with van der Waals surface area (Å²) in [5, 5.41) is 3.17. The topological polar surface area (TPSA) is 77.8 Å². The average Bonchev–Trinajstić information content (AvgIpc) is 2.91. The molecule has 1 N–H and O–H groups in total. The first-order chi connectivity index (χ1) is 17.6. The summed E-state index contributed by atoms with van der Waals surface area (Å²) < 4.78 is 17.0. The van der Waals surface area contributed by atoms with Crippen LogP contribution in [0.1, 0.15) is 5.56 Å². The highest BCUT2D eigenvalue weighted by molar-refractivity contribution is 5.92. The van der Waals surface area contributed by atoms with Crippen molar-refractivity contribution in [2.45, 2.75) is 6.92 Å².